The molecule has 0 amide bonds. The zero-order valence-corrected chi connectivity index (χ0v) is 16.0. The van der Waals surface area contributed by atoms with Crippen LogP contribution in [0.4, 0.5) is 0 Å². The Kier molecular flexibility index (Phi) is 6.00. The summed E-state index contributed by atoms with van der Waals surface area (Å²) in [6, 6.07) is 3.65. The van der Waals surface area contributed by atoms with Crippen molar-refractivity contribution >= 4 is 49.9 Å². The number of aromatic amines is 2. The molecular weight excluding hydrogens is 446 g/mol. The lowest BCUT2D eigenvalue weighted by Gasteiger charge is -2.30. The summed E-state index contributed by atoms with van der Waals surface area (Å²) in [7, 11) is 0. The topological polar surface area (TPSA) is 106 Å². The number of nitrogens with zero attached hydrogens (tertiary/aromatic N) is 1. The number of nitrogens with one attached hydrogen (secondary N) is 2. The van der Waals surface area contributed by atoms with E-state index in [9.17, 15) is 14.4 Å². The van der Waals surface area contributed by atoms with Crippen molar-refractivity contribution in [1.82, 2.24) is 14.9 Å². The van der Waals surface area contributed by atoms with E-state index < -0.39 is 17.1 Å². The van der Waals surface area contributed by atoms with Crippen LogP contribution in [0, 0.1) is 5.92 Å². The molecule has 0 aliphatic carbocycles. The van der Waals surface area contributed by atoms with Crippen molar-refractivity contribution in [3.8, 4) is 0 Å². The van der Waals surface area contributed by atoms with Gasteiger partial charge in [0.05, 0.1) is 17.0 Å². The maximum Gasteiger partial charge on any atom is 0.314 e. The van der Waals surface area contributed by atoms with Crippen LogP contribution in [0.2, 0.25) is 0 Å². The Morgan fingerprint density at radius 1 is 1.21 bits per heavy atom. The monoisotopic (exact) mass is 461 g/mol. The van der Waals surface area contributed by atoms with E-state index in [0.29, 0.717) is 43.5 Å². The molecule has 2 aromatic rings. The molecule has 1 aromatic heterocycles. The van der Waals surface area contributed by atoms with Crippen molar-refractivity contribution in [2.75, 3.05) is 13.1 Å². The van der Waals surface area contributed by atoms with E-state index >= 15 is 0 Å². The predicted octanol–water partition coefficient (Wildman–Crippen LogP) is 1.85. The second-order valence-electron chi connectivity index (χ2n) is 5.78. The third-order valence-electron chi connectivity index (χ3n) is 4.21. The number of carboxylic acids is 1. The SMILES string of the molecule is Br.O=C(O)C1CCN(Cc2cc(Br)cc3[nH]c(=O)c(=O)[nH]c23)CC1. The summed E-state index contributed by atoms with van der Waals surface area (Å²) in [4.78, 5) is 41.4. The number of rotatable bonds is 3. The van der Waals surface area contributed by atoms with Crippen LogP contribution >= 0.6 is 32.9 Å². The van der Waals surface area contributed by atoms with Crippen molar-refractivity contribution in [2.24, 2.45) is 5.92 Å². The molecule has 3 rings (SSSR count). The number of aromatic nitrogens is 2. The molecule has 1 aliphatic heterocycles. The Morgan fingerprint density at radius 3 is 2.46 bits per heavy atom. The van der Waals surface area contributed by atoms with Crippen LogP contribution in [0.1, 0.15) is 18.4 Å². The van der Waals surface area contributed by atoms with Crippen LogP contribution in [0.15, 0.2) is 26.2 Å². The lowest BCUT2D eigenvalue weighted by molar-refractivity contribution is -0.143. The first-order valence-electron chi connectivity index (χ1n) is 7.34. The van der Waals surface area contributed by atoms with Gasteiger partial charge < -0.3 is 15.1 Å². The molecule has 24 heavy (non-hydrogen) atoms. The molecule has 0 spiro atoms. The van der Waals surface area contributed by atoms with Crippen LogP contribution in [0.25, 0.3) is 11.0 Å². The lowest BCUT2D eigenvalue weighted by Crippen LogP contribution is -2.36. The Labute approximate surface area is 156 Å². The number of likely N-dealkylation sites (tertiary alicyclic amines) is 1. The van der Waals surface area contributed by atoms with Gasteiger partial charge in [0, 0.05) is 11.0 Å². The molecule has 0 atom stereocenters. The number of fused-ring (bicyclic) bond motifs is 1. The van der Waals surface area contributed by atoms with Gasteiger partial charge in [-0.15, -0.1) is 17.0 Å². The summed E-state index contributed by atoms with van der Waals surface area (Å²) in [5.41, 5.74) is 0.712. The Bertz CT molecular complexity index is 869. The first-order chi connectivity index (χ1) is 10.9. The highest BCUT2D eigenvalue weighted by molar-refractivity contribution is 9.10. The van der Waals surface area contributed by atoms with Gasteiger partial charge in [-0.25, -0.2) is 0 Å². The second kappa shape index (κ2) is 7.62. The van der Waals surface area contributed by atoms with Gasteiger partial charge in [0.1, 0.15) is 0 Å². The average molecular weight is 463 g/mol. The third-order valence-corrected chi connectivity index (χ3v) is 4.67. The van der Waals surface area contributed by atoms with Gasteiger partial charge >= 0.3 is 17.1 Å². The fourth-order valence-corrected chi connectivity index (χ4v) is 3.47. The number of aliphatic carboxylic acids is 1. The highest BCUT2D eigenvalue weighted by Gasteiger charge is 2.24. The van der Waals surface area contributed by atoms with Gasteiger partial charge in [0.2, 0.25) is 0 Å². The minimum absolute atomic E-state index is 0. The summed E-state index contributed by atoms with van der Waals surface area (Å²) in [6.07, 6.45) is 1.24. The molecule has 1 saturated heterocycles. The quantitative estimate of drug-likeness (QED) is 0.603. The number of hydrogen-bond donors (Lipinski definition) is 3. The fourth-order valence-electron chi connectivity index (χ4n) is 2.96. The summed E-state index contributed by atoms with van der Waals surface area (Å²) in [5, 5.41) is 9.05. The molecule has 2 heterocycles. The largest absolute Gasteiger partial charge is 0.481 e. The van der Waals surface area contributed by atoms with E-state index in [-0.39, 0.29) is 22.9 Å². The molecule has 3 N–H and O–H groups in total. The summed E-state index contributed by atoms with van der Waals surface area (Å²) >= 11 is 3.41. The highest BCUT2D eigenvalue weighted by Crippen LogP contribution is 2.24. The molecule has 0 radical (unpaired) electrons. The third kappa shape index (κ3) is 3.96. The lowest BCUT2D eigenvalue weighted by atomic mass is 9.96. The van der Waals surface area contributed by atoms with Crippen molar-refractivity contribution < 1.29 is 9.90 Å². The number of benzene rings is 1. The smallest absolute Gasteiger partial charge is 0.314 e. The normalized spacial score (nSPS) is 16.0. The van der Waals surface area contributed by atoms with E-state index in [1.165, 1.54) is 0 Å². The average Bonchev–Trinajstić information content (AvgIpc) is 2.50. The summed E-state index contributed by atoms with van der Waals surface area (Å²) in [6.45, 7) is 1.97. The van der Waals surface area contributed by atoms with Crippen LogP contribution < -0.4 is 11.1 Å². The van der Waals surface area contributed by atoms with Crippen molar-refractivity contribution in [3.63, 3.8) is 0 Å². The first-order valence-corrected chi connectivity index (χ1v) is 8.13. The minimum Gasteiger partial charge on any atom is -0.481 e. The molecule has 130 valence electrons. The Balaban J connectivity index is 0.00000208. The molecule has 1 aromatic carbocycles. The maximum atomic E-state index is 11.6. The van der Waals surface area contributed by atoms with E-state index in [0.717, 1.165) is 10.0 Å². The van der Waals surface area contributed by atoms with Gasteiger partial charge in [0.25, 0.3) is 0 Å². The minimum atomic E-state index is -0.737. The van der Waals surface area contributed by atoms with E-state index in [1.54, 1.807) is 6.07 Å². The number of piperidine rings is 1. The van der Waals surface area contributed by atoms with Gasteiger partial charge in [-0.05, 0) is 43.6 Å². The Hall–Kier alpha value is -1.45. The molecule has 7 nitrogen and oxygen atoms in total. The number of carboxylic acid groups (broad SMARTS) is 1. The number of hydrogen-bond acceptors (Lipinski definition) is 4. The van der Waals surface area contributed by atoms with E-state index in [4.69, 9.17) is 5.11 Å². The van der Waals surface area contributed by atoms with Crippen LogP contribution in [-0.4, -0.2) is 39.0 Å². The summed E-state index contributed by atoms with van der Waals surface area (Å²) in [5.74, 6) is -1.01. The zero-order chi connectivity index (χ0) is 16.6. The van der Waals surface area contributed by atoms with Crippen molar-refractivity contribution in [2.45, 2.75) is 19.4 Å². The van der Waals surface area contributed by atoms with Gasteiger partial charge in [-0.2, -0.15) is 0 Å². The fraction of sp³-hybridized carbons (Fsp3) is 0.400. The highest BCUT2D eigenvalue weighted by atomic mass is 79.9. The van der Waals surface area contributed by atoms with Crippen LogP contribution in [0.5, 0.6) is 0 Å². The molecule has 0 unspecified atom stereocenters. The molecule has 1 aliphatic rings. The second-order valence-corrected chi connectivity index (χ2v) is 6.70. The molecule has 1 fully saturated rings. The summed E-state index contributed by atoms with van der Waals surface area (Å²) < 4.78 is 0.808. The maximum absolute atomic E-state index is 11.6. The molecule has 9 heteroatoms. The first kappa shape index (κ1) is 18.9. The van der Waals surface area contributed by atoms with Crippen molar-refractivity contribution in [3.05, 3.63) is 42.9 Å². The zero-order valence-electron chi connectivity index (χ0n) is 12.7. The molecule has 0 saturated carbocycles. The number of carbonyl (C=O) groups is 1. The van der Waals surface area contributed by atoms with E-state index in [1.807, 2.05) is 6.07 Å². The number of H-pyrrole nitrogens is 2. The van der Waals surface area contributed by atoms with Gasteiger partial charge in [0.15, 0.2) is 0 Å². The number of halogens is 2. The van der Waals surface area contributed by atoms with Crippen LogP contribution in [0.3, 0.4) is 0 Å². The van der Waals surface area contributed by atoms with Crippen LogP contribution in [-0.2, 0) is 11.3 Å². The van der Waals surface area contributed by atoms with Gasteiger partial charge in [-0.3, -0.25) is 19.3 Å². The van der Waals surface area contributed by atoms with Crippen molar-refractivity contribution in [1.29, 1.82) is 0 Å². The molecule has 0 bridgehead atoms. The Morgan fingerprint density at radius 2 is 1.83 bits per heavy atom. The molecular formula is C15H17Br2N3O4. The predicted molar refractivity (Wildman–Crippen MR) is 98.8 cm³/mol. The standard InChI is InChI=1S/C15H16BrN3O4.BrH/c16-10-5-9(7-19-3-1-8(2-4-19)15(22)23)12-11(6-10)17-13(20)14(21)18-12;/h5-6,8H,1-4,7H2,(H,17,20)(H,18,21)(H,22,23);1H. The van der Waals surface area contributed by atoms with Gasteiger partial charge in [-0.1, -0.05) is 15.9 Å². The van der Waals surface area contributed by atoms with E-state index in [2.05, 4.69) is 30.8 Å².